The largest absolute Gasteiger partial charge is 0.487 e. The van der Waals surface area contributed by atoms with Crippen LogP contribution < -0.4 is 10.1 Å². The summed E-state index contributed by atoms with van der Waals surface area (Å²) < 4.78 is 5.57. The van der Waals surface area contributed by atoms with Crippen LogP contribution in [0.2, 0.25) is 5.02 Å². The Hall–Kier alpha value is -0.890. The maximum absolute atomic E-state index is 5.82. The maximum Gasteiger partial charge on any atom is 0.144 e. The molecule has 0 bridgehead atoms. The molecule has 2 rings (SSSR count). The monoisotopic (exact) mass is 213 g/mol. The van der Waals surface area contributed by atoms with Gasteiger partial charge in [0, 0.05) is 11.1 Å². The number of halogens is 1. The molecule has 1 unspecified atom stereocenters. The van der Waals surface area contributed by atoms with Gasteiger partial charge in [-0.3, -0.25) is 0 Å². The molecule has 78 valence electrons. The third-order valence-corrected chi connectivity index (χ3v) is 2.09. The first-order chi connectivity index (χ1) is 6.75. The molecule has 1 aliphatic heterocycles. The molecule has 2 nitrogen and oxygen atoms in total. The molecule has 1 atom stereocenters. The van der Waals surface area contributed by atoms with Crippen molar-refractivity contribution in [3.8, 4) is 5.75 Å². The summed E-state index contributed by atoms with van der Waals surface area (Å²) in [5, 5.41) is 3.97. The van der Waals surface area contributed by atoms with E-state index in [1.165, 1.54) is 0 Å². The van der Waals surface area contributed by atoms with Crippen molar-refractivity contribution in [1.29, 1.82) is 0 Å². The van der Waals surface area contributed by atoms with Crippen LogP contribution in [0.1, 0.15) is 20.8 Å². The van der Waals surface area contributed by atoms with Crippen LogP contribution in [-0.2, 0) is 0 Å². The van der Waals surface area contributed by atoms with Gasteiger partial charge in [-0.05, 0) is 19.1 Å². The molecule has 0 saturated carbocycles. The van der Waals surface area contributed by atoms with Gasteiger partial charge in [0.2, 0.25) is 0 Å². The van der Waals surface area contributed by atoms with Crippen molar-refractivity contribution in [3.05, 3.63) is 23.2 Å². The predicted molar refractivity (Wildman–Crippen MR) is 61.4 cm³/mol. The van der Waals surface area contributed by atoms with Crippen molar-refractivity contribution in [1.82, 2.24) is 0 Å². The van der Waals surface area contributed by atoms with E-state index in [2.05, 4.69) is 5.32 Å². The highest BCUT2D eigenvalue weighted by Crippen LogP contribution is 2.31. The van der Waals surface area contributed by atoms with Crippen LogP contribution in [0.5, 0.6) is 5.75 Å². The number of fused-ring (bicyclic) bond motifs is 1. The van der Waals surface area contributed by atoms with Crippen LogP contribution in [-0.4, -0.2) is 12.6 Å². The van der Waals surface area contributed by atoms with Gasteiger partial charge in [0.1, 0.15) is 11.9 Å². The maximum atomic E-state index is 5.82. The molecule has 1 aromatic rings. The van der Waals surface area contributed by atoms with Gasteiger partial charge in [-0.15, -0.1) is 0 Å². The Bertz CT molecular complexity index is 301. The molecule has 1 heterocycles. The van der Waals surface area contributed by atoms with Gasteiger partial charge in [0.15, 0.2) is 0 Å². The quantitative estimate of drug-likeness (QED) is 0.712. The lowest BCUT2D eigenvalue weighted by atomic mass is 10.2. The Morgan fingerprint density at radius 1 is 1.43 bits per heavy atom. The molecule has 1 N–H and O–H groups in total. The fourth-order valence-corrected chi connectivity index (χ4v) is 1.41. The number of rotatable bonds is 0. The second-order valence-corrected chi connectivity index (χ2v) is 3.39. The van der Waals surface area contributed by atoms with E-state index in [0.717, 1.165) is 18.0 Å². The zero-order valence-electron chi connectivity index (χ0n) is 8.80. The van der Waals surface area contributed by atoms with E-state index in [9.17, 15) is 0 Å². The van der Waals surface area contributed by atoms with E-state index in [4.69, 9.17) is 16.3 Å². The molecule has 0 radical (unpaired) electrons. The number of hydrogen-bond acceptors (Lipinski definition) is 2. The highest BCUT2D eigenvalue weighted by molar-refractivity contribution is 6.30. The molecule has 0 amide bonds. The average Bonchev–Trinajstić information content (AvgIpc) is 2.20. The Morgan fingerprint density at radius 3 is 2.86 bits per heavy atom. The van der Waals surface area contributed by atoms with Gasteiger partial charge < -0.3 is 10.1 Å². The summed E-state index contributed by atoms with van der Waals surface area (Å²) >= 11 is 5.82. The van der Waals surface area contributed by atoms with Gasteiger partial charge in [0.25, 0.3) is 0 Å². The summed E-state index contributed by atoms with van der Waals surface area (Å²) in [6, 6.07) is 5.62. The van der Waals surface area contributed by atoms with Crippen molar-refractivity contribution in [2.45, 2.75) is 26.9 Å². The van der Waals surface area contributed by atoms with Gasteiger partial charge in [0.05, 0.1) is 12.2 Å². The van der Waals surface area contributed by atoms with Crippen molar-refractivity contribution in [2.24, 2.45) is 0 Å². The van der Waals surface area contributed by atoms with Crippen LogP contribution in [0.3, 0.4) is 0 Å². The molecule has 0 aliphatic carbocycles. The molecule has 0 saturated heterocycles. The third-order valence-electron chi connectivity index (χ3n) is 1.85. The summed E-state index contributed by atoms with van der Waals surface area (Å²) in [7, 11) is 0. The molecule has 1 aliphatic rings. The minimum Gasteiger partial charge on any atom is -0.487 e. The van der Waals surface area contributed by atoms with Crippen LogP contribution >= 0.6 is 11.6 Å². The Kier molecular flexibility index (Phi) is 4.08. The highest BCUT2D eigenvalue weighted by Gasteiger charge is 2.14. The van der Waals surface area contributed by atoms with Gasteiger partial charge in [-0.2, -0.15) is 0 Å². The predicted octanol–water partition coefficient (Wildman–Crippen LogP) is 3.56. The van der Waals surface area contributed by atoms with Crippen molar-refractivity contribution < 1.29 is 4.74 Å². The van der Waals surface area contributed by atoms with Crippen molar-refractivity contribution in [2.75, 3.05) is 11.9 Å². The van der Waals surface area contributed by atoms with Crippen LogP contribution in [0, 0.1) is 0 Å². The fraction of sp³-hybridized carbons (Fsp3) is 0.455. The van der Waals surface area contributed by atoms with Gasteiger partial charge >= 0.3 is 0 Å². The number of benzene rings is 1. The average molecular weight is 214 g/mol. The third kappa shape index (κ3) is 2.55. The summed E-state index contributed by atoms with van der Waals surface area (Å²) in [6.07, 6.45) is 0.218. The molecule has 1 aromatic carbocycles. The molecular formula is C11H16ClNO. The van der Waals surface area contributed by atoms with Crippen molar-refractivity contribution in [3.63, 3.8) is 0 Å². The summed E-state index contributed by atoms with van der Waals surface area (Å²) in [4.78, 5) is 0. The molecule has 0 fully saturated rings. The first kappa shape index (κ1) is 11.2. The number of hydrogen-bond donors (Lipinski definition) is 1. The molecule has 0 spiro atoms. The standard InChI is InChI=1S/C9H10ClNO.C2H6/c1-6-5-11-8-3-2-7(10)4-9(8)12-6;1-2/h2-4,6,11H,5H2,1H3;1-2H3. The Labute approximate surface area is 90.2 Å². The Balaban J connectivity index is 0.000000461. The molecule has 0 aromatic heterocycles. The first-order valence-electron chi connectivity index (χ1n) is 4.96. The van der Waals surface area contributed by atoms with Crippen LogP contribution in [0.4, 0.5) is 5.69 Å². The van der Waals surface area contributed by atoms with E-state index in [0.29, 0.717) is 5.02 Å². The minimum absolute atomic E-state index is 0.218. The number of nitrogens with one attached hydrogen (secondary N) is 1. The lowest BCUT2D eigenvalue weighted by molar-refractivity contribution is 0.226. The minimum atomic E-state index is 0.218. The van der Waals surface area contributed by atoms with Gasteiger partial charge in [-0.25, -0.2) is 0 Å². The molecule has 14 heavy (non-hydrogen) atoms. The van der Waals surface area contributed by atoms with E-state index >= 15 is 0 Å². The van der Waals surface area contributed by atoms with Crippen LogP contribution in [0.15, 0.2) is 18.2 Å². The fourth-order valence-electron chi connectivity index (χ4n) is 1.25. The van der Waals surface area contributed by atoms with Crippen LogP contribution in [0.25, 0.3) is 0 Å². The van der Waals surface area contributed by atoms with E-state index in [1.807, 2.05) is 39.0 Å². The topological polar surface area (TPSA) is 21.3 Å². The molecular weight excluding hydrogens is 198 g/mol. The summed E-state index contributed by atoms with van der Waals surface area (Å²) in [5.41, 5.74) is 1.03. The van der Waals surface area contributed by atoms with Gasteiger partial charge in [-0.1, -0.05) is 25.4 Å². The lowest BCUT2D eigenvalue weighted by Crippen LogP contribution is -2.27. The first-order valence-corrected chi connectivity index (χ1v) is 5.33. The zero-order chi connectivity index (χ0) is 10.6. The number of anilines is 1. The van der Waals surface area contributed by atoms with E-state index in [-0.39, 0.29) is 6.10 Å². The Morgan fingerprint density at radius 2 is 2.14 bits per heavy atom. The van der Waals surface area contributed by atoms with E-state index in [1.54, 1.807) is 0 Å². The van der Waals surface area contributed by atoms with Crippen molar-refractivity contribution >= 4 is 17.3 Å². The highest BCUT2D eigenvalue weighted by atomic mass is 35.5. The normalized spacial score (nSPS) is 18.1. The second-order valence-electron chi connectivity index (χ2n) is 2.95. The lowest BCUT2D eigenvalue weighted by Gasteiger charge is -2.24. The zero-order valence-corrected chi connectivity index (χ0v) is 9.56. The summed E-state index contributed by atoms with van der Waals surface area (Å²) in [5.74, 6) is 0.848. The van der Waals surface area contributed by atoms with E-state index < -0.39 is 0 Å². The summed E-state index contributed by atoms with van der Waals surface area (Å²) in [6.45, 7) is 6.88. The molecule has 3 heteroatoms. The number of ether oxygens (including phenoxy) is 1. The smallest absolute Gasteiger partial charge is 0.144 e. The SMILES string of the molecule is CC.CC1CNc2ccc(Cl)cc2O1. The second kappa shape index (κ2) is 5.11.